The lowest BCUT2D eigenvalue weighted by molar-refractivity contribution is 0.155. The van der Waals surface area contributed by atoms with Crippen LogP contribution in [0.1, 0.15) is 64.5 Å². The van der Waals surface area contributed by atoms with Crippen LogP contribution in [0.3, 0.4) is 0 Å². The van der Waals surface area contributed by atoms with E-state index in [0.717, 1.165) is 35.8 Å². The van der Waals surface area contributed by atoms with E-state index in [1.807, 2.05) is 32.0 Å². The Kier molecular flexibility index (Phi) is 8.81. The van der Waals surface area contributed by atoms with Crippen LogP contribution in [0.5, 0.6) is 11.5 Å². The number of aryl methyl sites for hydroxylation is 2. The number of benzene rings is 2. The monoisotopic (exact) mass is 408 g/mol. The summed E-state index contributed by atoms with van der Waals surface area (Å²) in [6, 6.07) is 7.64. The molecule has 156 valence electrons. The SMILES string of the molecule is CCCOP(=O)(OCCC)Oc1c(CCC)cc(O)c2cc(CCC)ccc12. The summed E-state index contributed by atoms with van der Waals surface area (Å²) < 4.78 is 30.2. The third kappa shape index (κ3) is 5.73. The molecule has 0 spiro atoms. The smallest absolute Gasteiger partial charge is 0.507 e. The van der Waals surface area contributed by atoms with Gasteiger partial charge in [0.15, 0.2) is 0 Å². The van der Waals surface area contributed by atoms with Gasteiger partial charge in [-0.05, 0) is 48.9 Å². The van der Waals surface area contributed by atoms with Gasteiger partial charge in [-0.1, -0.05) is 52.7 Å². The summed E-state index contributed by atoms with van der Waals surface area (Å²) in [5.74, 6) is 0.691. The first kappa shape index (κ1) is 22.7. The predicted molar refractivity (Wildman–Crippen MR) is 114 cm³/mol. The van der Waals surface area contributed by atoms with E-state index < -0.39 is 7.82 Å². The highest BCUT2D eigenvalue weighted by Crippen LogP contribution is 2.53. The molecule has 0 amide bonds. The molecule has 0 saturated heterocycles. The van der Waals surface area contributed by atoms with Crippen LogP contribution in [0.4, 0.5) is 0 Å². The highest BCUT2D eigenvalue weighted by Gasteiger charge is 2.30. The lowest BCUT2D eigenvalue weighted by atomic mass is 9.98. The number of hydrogen-bond donors (Lipinski definition) is 1. The molecule has 1 N–H and O–H groups in total. The van der Waals surface area contributed by atoms with Gasteiger partial charge in [-0.3, -0.25) is 9.05 Å². The van der Waals surface area contributed by atoms with Crippen LogP contribution in [-0.2, 0) is 26.5 Å². The number of phosphoric acid groups is 1. The number of hydrogen-bond acceptors (Lipinski definition) is 5. The molecule has 0 aliphatic rings. The second-order valence-electron chi connectivity index (χ2n) is 6.97. The molecule has 0 aliphatic heterocycles. The van der Waals surface area contributed by atoms with Crippen molar-refractivity contribution in [2.24, 2.45) is 0 Å². The lowest BCUT2D eigenvalue weighted by Crippen LogP contribution is -2.06. The van der Waals surface area contributed by atoms with Crippen LogP contribution in [0.2, 0.25) is 0 Å². The summed E-state index contributed by atoms with van der Waals surface area (Å²) in [6.45, 7) is 8.64. The predicted octanol–water partition coefficient (Wildman–Crippen LogP) is 6.79. The maximum Gasteiger partial charge on any atom is 0.530 e. The zero-order chi connectivity index (χ0) is 20.6. The van der Waals surface area contributed by atoms with Crippen LogP contribution in [0.15, 0.2) is 24.3 Å². The minimum atomic E-state index is -3.75. The Morgan fingerprint density at radius 3 is 2.07 bits per heavy atom. The van der Waals surface area contributed by atoms with Crippen molar-refractivity contribution in [1.29, 1.82) is 0 Å². The van der Waals surface area contributed by atoms with Crippen LogP contribution in [0.25, 0.3) is 10.8 Å². The zero-order valence-corrected chi connectivity index (χ0v) is 18.4. The lowest BCUT2D eigenvalue weighted by Gasteiger charge is -2.22. The molecule has 0 heterocycles. The molecule has 2 aromatic carbocycles. The fourth-order valence-electron chi connectivity index (χ4n) is 3.10. The van der Waals surface area contributed by atoms with E-state index in [2.05, 4.69) is 13.8 Å². The first-order valence-electron chi connectivity index (χ1n) is 10.3. The maximum atomic E-state index is 13.2. The van der Waals surface area contributed by atoms with Crippen molar-refractivity contribution < 1.29 is 23.2 Å². The Morgan fingerprint density at radius 1 is 0.857 bits per heavy atom. The third-order valence-corrected chi connectivity index (χ3v) is 5.78. The van der Waals surface area contributed by atoms with Gasteiger partial charge in [0.2, 0.25) is 0 Å². The van der Waals surface area contributed by atoms with Gasteiger partial charge < -0.3 is 9.63 Å². The second-order valence-corrected chi connectivity index (χ2v) is 8.56. The Hall–Kier alpha value is -1.55. The largest absolute Gasteiger partial charge is 0.530 e. The molecule has 0 fully saturated rings. The van der Waals surface area contributed by atoms with E-state index in [1.54, 1.807) is 6.07 Å². The Balaban J connectivity index is 2.56. The van der Waals surface area contributed by atoms with Crippen molar-refractivity contribution in [2.75, 3.05) is 13.2 Å². The Morgan fingerprint density at radius 2 is 1.50 bits per heavy atom. The topological polar surface area (TPSA) is 65.0 Å². The van der Waals surface area contributed by atoms with Crippen molar-refractivity contribution >= 4 is 18.6 Å². The van der Waals surface area contributed by atoms with Gasteiger partial charge in [0.1, 0.15) is 11.5 Å². The minimum Gasteiger partial charge on any atom is -0.507 e. The molecular formula is C22H33O5P. The molecule has 0 atom stereocenters. The van der Waals surface area contributed by atoms with Gasteiger partial charge in [-0.2, -0.15) is 0 Å². The van der Waals surface area contributed by atoms with Crippen molar-refractivity contribution in [3.8, 4) is 11.5 Å². The molecule has 0 aliphatic carbocycles. The molecule has 28 heavy (non-hydrogen) atoms. The summed E-state index contributed by atoms with van der Waals surface area (Å²) in [5, 5.41) is 12.0. The molecule has 0 aromatic heterocycles. The van der Waals surface area contributed by atoms with Crippen LogP contribution >= 0.6 is 7.82 Å². The third-order valence-electron chi connectivity index (χ3n) is 4.38. The zero-order valence-electron chi connectivity index (χ0n) is 17.5. The first-order chi connectivity index (χ1) is 13.5. The molecule has 0 radical (unpaired) electrons. The average molecular weight is 408 g/mol. The van der Waals surface area contributed by atoms with Crippen molar-refractivity contribution in [1.82, 2.24) is 0 Å². The fraction of sp³-hybridized carbons (Fsp3) is 0.545. The van der Waals surface area contributed by atoms with Crippen LogP contribution < -0.4 is 4.52 Å². The van der Waals surface area contributed by atoms with Gasteiger partial charge in [-0.25, -0.2) is 4.57 Å². The number of fused-ring (bicyclic) bond motifs is 1. The quantitative estimate of drug-likeness (QED) is 0.392. The summed E-state index contributed by atoms with van der Waals surface area (Å²) in [5.41, 5.74) is 1.95. The van der Waals surface area contributed by atoms with Gasteiger partial charge in [0.25, 0.3) is 0 Å². The Bertz CT molecular complexity index is 806. The molecule has 2 aromatic rings. The molecule has 6 heteroatoms. The van der Waals surface area contributed by atoms with E-state index in [1.165, 1.54) is 0 Å². The van der Waals surface area contributed by atoms with Crippen molar-refractivity contribution in [3.05, 3.63) is 35.4 Å². The van der Waals surface area contributed by atoms with E-state index in [4.69, 9.17) is 13.6 Å². The van der Waals surface area contributed by atoms with Gasteiger partial charge in [0.05, 0.1) is 13.2 Å². The van der Waals surface area contributed by atoms with Crippen LogP contribution in [-0.4, -0.2) is 18.3 Å². The van der Waals surface area contributed by atoms with E-state index >= 15 is 0 Å². The normalized spacial score (nSPS) is 11.9. The number of rotatable bonds is 12. The summed E-state index contributed by atoms with van der Waals surface area (Å²) in [7, 11) is -3.75. The average Bonchev–Trinajstić information content (AvgIpc) is 2.68. The van der Waals surface area contributed by atoms with Gasteiger partial charge in [0, 0.05) is 10.8 Å². The molecule has 2 rings (SSSR count). The summed E-state index contributed by atoms with van der Waals surface area (Å²) in [4.78, 5) is 0. The van der Waals surface area contributed by atoms with Gasteiger partial charge in [-0.15, -0.1) is 0 Å². The first-order valence-corrected chi connectivity index (χ1v) is 11.8. The molecular weight excluding hydrogens is 375 g/mol. The highest BCUT2D eigenvalue weighted by molar-refractivity contribution is 7.49. The standard InChI is InChI=1S/C22H33O5P/c1-5-9-17-11-12-19-20(15-17)21(23)16-18(10-6-2)22(19)27-28(24,25-13-7-3)26-14-8-4/h11-12,15-16,23H,5-10,13-14H2,1-4H3. The van der Waals surface area contributed by atoms with E-state index in [9.17, 15) is 9.67 Å². The fourth-order valence-corrected chi connectivity index (χ4v) is 4.53. The van der Waals surface area contributed by atoms with E-state index in [0.29, 0.717) is 43.6 Å². The highest BCUT2D eigenvalue weighted by atomic mass is 31.2. The number of phosphoric ester groups is 1. The van der Waals surface area contributed by atoms with Gasteiger partial charge >= 0.3 is 7.82 Å². The summed E-state index contributed by atoms with van der Waals surface area (Å²) >= 11 is 0. The Labute approximate surface area is 168 Å². The minimum absolute atomic E-state index is 0.211. The maximum absolute atomic E-state index is 13.2. The van der Waals surface area contributed by atoms with Crippen molar-refractivity contribution in [2.45, 2.75) is 66.2 Å². The number of aromatic hydroxyl groups is 1. The van der Waals surface area contributed by atoms with Crippen LogP contribution in [0, 0.1) is 0 Å². The second kappa shape index (κ2) is 10.8. The molecule has 0 bridgehead atoms. The molecule has 0 saturated carbocycles. The van der Waals surface area contributed by atoms with Crippen molar-refractivity contribution in [3.63, 3.8) is 0 Å². The molecule has 5 nitrogen and oxygen atoms in total. The number of phenols is 1. The number of phenolic OH excluding ortho intramolecular Hbond substituents is 1. The molecule has 0 unspecified atom stereocenters. The summed E-state index contributed by atoms with van der Waals surface area (Å²) in [6.07, 6.45) is 4.93. The van der Waals surface area contributed by atoms with E-state index in [-0.39, 0.29) is 5.75 Å².